The molecule has 0 aromatic rings. The number of fused-ring (bicyclic) bond motifs is 7. The van der Waals surface area contributed by atoms with Crippen molar-refractivity contribution >= 4 is 17.9 Å². The molecule has 5 nitrogen and oxygen atoms in total. The van der Waals surface area contributed by atoms with Crippen LogP contribution in [0.3, 0.4) is 0 Å². The number of hydrogen-bond donors (Lipinski definition) is 0. The van der Waals surface area contributed by atoms with E-state index in [0.29, 0.717) is 35.5 Å². The second-order valence-corrected chi connectivity index (χ2v) is 15.9. The Hall–Kier alpha value is -1.39. The van der Waals surface area contributed by atoms with Crippen molar-refractivity contribution in [3.05, 3.63) is 0 Å². The van der Waals surface area contributed by atoms with Crippen molar-refractivity contribution in [2.24, 2.45) is 88.3 Å². The minimum Gasteiger partial charge on any atom is -0.459 e. The van der Waals surface area contributed by atoms with Crippen LogP contribution in [-0.4, -0.2) is 23.5 Å². The highest BCUT2D eigenvalue weighted by Crippen LogP contribution is 2.69. The summed E-state index contributed by atoms with van der Waals surface area (Å²) < 4.78 is 11.8. The lowest BCUT2D eigenvalue weighted by Gasteiger charge is -2.61. The monoisotopic (exact) mass is 508 g/mol. The molecular formula is C32H44O5. The Morgan fingerprint density at radius 3 is 1.95 bits per heavy atom. The quantitative estimate of drug-likeness (QED) is 0.363. The van der Waals surface area contributed by atoms with Gasteiger partial charge in [-0.15, -0.1) is 0 Å². The van der Waals surface area contributed by atoms with Gasteiger partial charge in [-0.3, -0.25) is 14.4 Å². The molecule has 37 heavy (non-hydrogen) atoms. The summed E-state index contributed by atoms with van der Waals surface area (Å²) in [5.74, 6) is 4.91. The van der Waals surface area contributed by atoms with Gasteiger partial charge in [0.15, 0.2) is 0 Å². The first-order valence-electron chi connectivity index (χ1n) is 15.6. The standard InChI is InChI=1S/C32H44O5/c1-14-19-8-21(24(14)25-15(2)20-10-23(25)27-26(20)29(34)36-30(27)35)22(9-19)28(33)37-31(3,4)32-11-16-5-17(12-32)7-18(6-16)13-32/h14-27H,5-13H2,1-4H3. The Labute approximate surface area is 221 Å². The number of hydrogen-bond acceptors (Lipinski definition) is 5. The summed E-state index contributed by atoms with van der Waals surface area (Å²) in [4.78, 5) is 39.0. The Balaban J connectivity index is 1.03. The molecular weight excluding hydrogens is 464 g/mol. The van der Waals surface area contributed by atoms with Crippen LogP contribution in [0.2, 0.25) is 0 Å². The maximum absolute atomic E-state index is 14.0. The number of carbonyl (C=O) groups excluding carboxylic acids is 3. The molecule has 5 heteroatoms. The zero-order valence-corrected chi connectivity index (χ0v) is 23.0. The van der Waals surface area contributed by atoms with Crippen LogP contribution in [0.15, 0.2) is 0 Å². The first-order chi connectivity index (χ1) is 17.6. The Morgan fingerprint density at radius 2 is 1.35 bits per heavy atom. The molecule has 9 aliphatic rings. The van der Waals surface area contributed by atoms with E-state index in [2.05, 4.69) is 27.7 Å². The molecule has 1 heterocycles. The van der Waals surface area contributed by atoms with Crippen molar-refractivity contribution in [3.63, 3.8) is 0 Å². The van der Waals surface area contributed by atoms with Gasteiger partial charge in [0, 0.05) is 5.41 Å². The van der Waals surface area contributed by atoms with Crippen LogP contribution in [-0.2, 0) is 23.9 Å². The van der Waals surface area contributed by atoms with Gasteiger partial charge in [-0.25, -0.2) is 0 Å². The fourth-order valence-electron chi connectivity index (χ4n) is 13.1. The Bertz CT molecular complexity index is 1020. The lowest BCUT2D eigenvalue weighted by atomic mass is 9.46. The van der Waals surface area contributed by atoms with Gasteiger partial charge in [0.2, 0.25) is 0 Å². The van der Waals surface area contributed by atoms with Crippen molar-refractivity contribution in [3.8, 4) is 0 Å². The van der Waals surface area contributed by atoms with Gasteiger partial charge in [0.25, 0.3) is 0 Å². The Morgan fingerprint density at radius 1 is 0.784 bits per heavy atom. The maximum atomic E-state index is 14.0. The molecule has 8 bridgehead atoms. The first kappa shape index (κ1) is 23.5. The molecule has 0 radical (unpaired) electrons. The third kappa shape index (κ3) is 2.95. The molecule has 1 saturated heterocycles. The maximum Gasteiger partial charge on any atom is 0.317 e. The largest absolute Gasteiger partial charge is 0.459 e. The number of rotatable bonds is 4. The van der Waals surface area contributed by atoms with E-state index in [9.17, 15) is 14.4 Å². The fourth-order valence-corrected chi connectivity index (χ4v) is 13.1. The average molecular weight is 509 g/mol. The van der Waals surface area contributed by atoms with E-state index in [1.165, 1.54) is 38.5 Å². The highest BCUT2D eigenvalue weighted by atomic mass is 16.6. The van der Waals surface area contributed by atoms with Crippen molar-refractivity contribution in [2.45, 2.75) is 91.1 Å². The molecule has 9 fully saturated rings. The van der Waals surface area contributed by atoms with Gasteiger partial charge in [0.1, 0.15) is 5.60 Å². The number of carbonyl (C=O) groups is 3. The summed E-state index contributed by atoms with van der Waals surface area (Å²) in [6, 6.07) is 0. The lowest BCUT2D eigenvalue weighted by molar-refractivity contribution is -0.204. The van der Waals surface area contributed by atoms with Crippen molar-refractivity contribution in [1.82, 2.24) is 0 Å². The van der Waals surface area contributed by atoms with E-state index in [-0.39, 0.29) is 52.9 Å². The molecule has 9 rings (SSSR count). The normalized spacial score (nSPS) is 56.8. The summed E-state index contributed by atoms with van der Waals surface area (Å²) in [7, 11) is 0. The molecule has 0 spiro atoms. The number of cyclic esters (lactones) is 2. The molecule has 0 aromatic heterocycles. The number of esters is 3. The minimum absolute atomic E-state index is 0.00123. The molecule has 0 aromatic carbocycles. The molecule has 11 atom stereocenters. The van der Waals surface area contributed by atoms with Gasteiger partial charge in [-0.05, 0) is 137 Å². The van der Waals surface area contributed by atoms with Crippen molar-refractivity contribution < 1.29 is 23.9 Å². The molecule has 8 saturated carbocycles. The second kappa shape index (κ2) is 7.42. The van der Waals surface area contributed by atoms with Gasteiger partial charge >= 0.3 is 17.9 Å². The third-order valence-corrected chi connectivity index (χ3v) is 14.3. The van der Waals surface area contributed by atoms with Crippen LogP contribution in [0.1, 0.15) is 85.5 Å². The topological polar surface area (TPSA) is 69.7 Å². The number of ether oxygens (including phenoxy) is 2. The first-order valence-corrected chi connectivity index (χ1v) is 15.6. The molecule has 1 aliphatic heterocycles. The third-order valence-electron chi connectivity index (χ3n) is 14.3. The zero-order valence-electron chi connectivity index (χ0n) is 23.0. The van der Waals surface area contributed by atoms with E-state index in [4.69, 9.17) is 9.47 Å². The van der Waals surface area contributed by atoms with Crippen LogP contribution in [0.4, 0.5) is 0 Å². The lowest BCUT2D eigenvalue weighted by Crippen LogP contribution is -2.58. The summed E-state index contributed by atoms with van der Waals surface area (Å²) in [6.07, 6.45) is 11.0. The van der Waals surface area contributed by atoms with Gasteiger partial charge in [-0.2, -0.15) is 0 Å². The molecule has 8 aliphatic carbocycles. The fraction of sp³-hybridized carbons (Fsp3) is 0.906. The molecule has 0 N–H and O–H groups in total. The summed E-state index contributed by atoms with van der Waals surface area (Å²) in [5.41, 5.74) is -0.227. The van der Waals surface area contributed by atoms with Crippen LogP contribution in [0.25, 0.3) is 0 Å². The van der Waals surface area contributed by atoms with Gasteiger partial charge in [-0.1, -0.05) is 13.8 Å². The summed E-state index contributed by atoms with van der Waals surface area (Å²) >= 11 is 0. The molecule has 0 amide bonds. The zero-order chi connectivity index (χ0) is 25.6. The average Bonchev–Trinajstić information content (AvgIpc) is 3.59. The summed E-state index contributed by atoms with van der Waals surface area (Å²) in [5, 5.41) is 0. The SMILES string of the molecule is CC1C2CC(C(=O)OC(C)(C)C34CC5CC(CC(C5)C3)C4)C(C2)C1C1C(C)C2CC1C1C(=O)OC(=O)C21. The van der Waals surface area contributed by atoms with E-state index in [1.807, 2.05) is 0 Å². The smallest absolute Gasteiger partial charge is 0.317 e. The van der Waals surface area contributed by atoms with Gasteiger partial charge in [0.05, 0.1) is 17.8 Å². The van der Waals surface area contributed by atoms with Crippen LogP contribution in [0, 0.1) is 88.3 Å². The van der Waals surface area contributed by atoms with Gasteiger partial charge < -0.3 is 9.47 Å². The van der Waals surface area contributed by atoms with Crippen molar-refractivity contribution in [1.29, 1.82) is 0 Å². The highest BCUT2D eigenvalue weighted by molar-refractivity contribution is 5.97. The van der Waals surface area contributed by atoms with Crippen LogP contribution < -0.4 is 0 Å². The van der Waals surface area contributed by atoms with E-state index in [0.717, 1.165) is 37.0 Å². The van der Waals surface area contributed by atoms with E-state index < -0.39 is 5.60 Å². The predicted molar refractivity (Wildman–Crippen MR) is 135 cm³/mol. The second-order valence-electron chi connectivity index (χ2n) is 15.9. The van der Waals surface area contributed by atoms with E-state index >= 15 is 0 Å². The minimum atomic E-state index is -0.399. The Kier molecular flexibility index (Phi) is 4.71. The summed E-state index contributed by atoms with van der Waals surface area (Å²) in [6.45, 7) is 9.16. The van der Waals surface area contributed by atoms with Crippen molar-refractivity contribution in [2.75, 3.05) is 0 Å². The molecule has 202 valence electrons. The highest BCUT2D eigenvalue weighted by Gasteiger charge is 2.69. The van der Waals surface area contributed by atoms with Crippen LogP contribution in [0.5, 0.6) is 0 Å². The molecule has 11 unspecified atom stereocenters. The van der Waals surface area contributed by atoms with E-state index in [1.54, 1.807) is 0 Å². The predicted octanol–water partition coefficient (Wildman–Crippen LogP) is 5.65. The van der Waals surface area contributed by atoms with Crippen LogP contribution >= 0.6 is 0 Å².